The second-order valence-electron chi connectivity index (χ2n) is 6.31. The fourth-order valence-corrected chi connectivity index (χ4v) is 3.00. The van der Waals surface area contributed by atoms with Crippen molar-refractivity contribution in [2.45, 2.75) is 26.3 Å². The van der Waals surface area contributed by atoms with Crippen LogP contribution in [0.25, 0.3) is 0 Å². The molecule has 130 valence electrons. The average molecular weight is 338 g/mol. The van der Waals surface area contributed by atoms with E-state index in [4.69, 9.17) is 4.74 Å². The molecule has 1 atom stereocenters. The van der Waals surface area contributed by atoms with Crippen molar-refractivity contribution in [2.75, 3.05) is 23.4 Å². The van der Waals surface area contributed by atoms with E-state index in [0.717, 1.165) is 23.2 Å². The third-order valence-electron chi connectivity index (χ3n) is 4.43. The zero-order valence-electron chi connectivity index (χ0n) is 14.5. The first-order chi connectivity index (χ1) is 12.1. The van der Waals surface area contributed by atoms with Gasteiger partial charge in [-0.3, -0.25) is 9.59 Å². The van der Waals surface area contributed by atoms with Gasteiger partial charge in [0.1, 0.15) is 18.6 Å². The predicted octanol–water partition coefficient (Wildman–Crippen LogP) is 3.42. The Hall–Kier alpha value is -2.82. The lowest BCUT2D eigenvalue weighted by atomic mass is 10.0. The van der Waals surface area contributed by atoms with Crippen LogP contribution in [0.4, 0.5) is 11.4 Å². The molecule has 0 spiro atoms. The lowest BCUT2D eigenvalue weighted by Gasteiger charge is -2.37. The summed E-state index contributed by atoms with van der Waals surface area (Å²) in [5.74, 6) is 0.682. The number of amides is 1. The topological polar surface area (TPSA) is 58.6 Å². The molecule has 0 radical (unpaired) electrons. The van der Waals surface area contributed by atoms with Gasteiger partial charge in [0.05, 0.1) is 11.7 Å². The zero-order chi connectivity index (χ0) is 17.8. The quantitative estimate of drug-likeness (QED) is 0.849. The highest BCUT2D eigenvalue weighted by molar-refractivity contribution is 5.91. The van der Waals surface area contributed by atoms with Gasteiger partial charge in [-0.2, -0.15) is 0 Å². The molecule has 1 N–H and O–H groups in total. The molecule has 0 saturated carbocycles. The minimum absolute atomic E-state index is 0.0207. The first kappa shape index (κ1) is 17.0. The van der Waals surface area contributed by atoms with Crippen molar-refractivity contribution in [3.05, 3.63) is 53.6 Å². The Bertz CT molecular complexity index is 774. The van der Waals surface area contributed by atoms with E-state index in [0.29, 0.717) is 30.9 Å². The highest BCUT2D eigenvalue weighted by Crippen LogP contribution is 2.36. The van der Waals surface area contributed by atoms with Gasteiger partial charge in [0, 0.05) is 24.2 Å². The molecule has 1 aliphatic rings. The standard InChI is InChI=1S/C20H22N2O3/c1-14-10-18-19(11-16(14)12-23)25-13-15(2)22(18)9-8-20(24)21-17-6-4-3-5-7-17/h3-7,10-12,15H,8-9,13H2,1-2H3,(H,21,24). The van der Waals surface area contributed by atoms with Crippen molar-refractivity contribution < 1.29 is 14.3 Å². The van der Waals surface area contributed by atoms with E-state index < -0.39 is 0 Å². The maximum absolute atomic E-state index is 12.2. The van der Waals surface area contributed by atoms with Crippen molar-refractivity contribution in [3.8, 4) is 5.75 Å². The molecule has 0 aromatic heterocycles. The predicted molar refractivity (Wildman–Crippen MR) is 98.6 cm³/mol. The number of ether oxygens (including phenoxy) is 1. The normalized spacial score (nSPS) is 15.9. The second kappa shape index (κ2) is 7.38. The molecule has 25 heavy (non-hydrogen) atoms. The van der Waals surface area contributed by atoms with Crippen LogP contribution in [0.2, 0.25) is 0 Å². The summed E-state index contributed by atoms with van der Waals surface area (Å²) in [7, 11) is 0. The molecular formula is C20H22N2O3. The van der Waals surface area contributed by atoms with Crippen LogP contribution >= 0.6 is 0 Å². The van der Waals surface area contributed by atoms with Gasteiger partial charge >= 0.3 is 0 Å². The van der Waals surface area contributed by atoms with E-state index in [2.05, 4.69) is 17.1 Å². The van der Waals surface area contributed by atoms with Crippen LogP contribution in [-0.4, -0.2) is 31.4 Å². The van der Waals surface area contributed by atoms with E-state index in [1.807, 2.05) is 43.3 Å². The Balaban J connectivity index is 1.71. The molecular weight excluding hydrogens is 316 g/mol. The summed E-state index contributed by atoms with van der Waals surface area (Å²) in [5, 5.41) is 2.91. The largest absolute Gasteiger partial charge is 0.489 e. The average Bonchev–Trinajstić information content (AvgIpc) is 2.61. The fourth-order valence-electron chi connectivity index (χ4n) is 3.00. The molecule has 0 saturated heterocycles. The molecule has 0 bridgehead atoms. The Morgan fingerprint density at radius 3 is 2.80 bits per heavy atom. The number of aldehydes is 1. The third-order valence-corrected chi connectivity index (χ3v) is 4.43. The van der Waals surface area contributed by atoms with Crippen LogP contribution in [0.3, 0.4) is 0 Å². The lowest BCUT2D eigenvalue weighted by Crippen LogP contribution is -2.42. The van der Waals surface area contributed by atoms with Gasteiger partial charge in [-0.05, 0) is 43.7 Å². The maximum atomic E-state index is 12.2. The monoisotopic (exact) mass is 338 g/mol. The maximum Gasteiger partial charge on any atom is 0.226 e. The number of carbonyl (C=O) groups is 2. The molecule has 5 nitrogen and oxygen atoms in total. The molecule has 1 aliphatic heterocycles. The molecule has 3 rings (SSSR count). The van der Waals surface area contributed by atoms with E-state index in [9.17, 15) is 9.59 Å². The number of carbonyl (C=O) groups excluding carboxylic acids is 2. The number of hydrogen-bond donors (Lipinski definition) is 1. The third kappa shape index (κ3) is 3.82. The smallest absolute Gasteiger partial charge is 0.226 e. The van der Waals surface area contributed by atoms with E-state index in [1.165, 1.54) is 0 Å². The van der Waals surface area contributed by atoms with Crippen molar-refractivity contribution in [1.82, 2.24) is 0 Å². The summed E-state index contributed by atoms with van der Waals surface area (Å²) in [4.78, 5) is 25.5. The first-order valence-electron chi connectivity index (χ1n) is 8.42. The lowest BCUT2D eigenvalue weighted by molar-refractivity contribution is -0.116. The summed E-state index contributed by atoms with van der Waals surface area (Å²) in [6.45, 7) is 5.11. The SMILES string of the molecule is Cc1cc2c(cc1C=O)OCC(C)N2CCC(=O)Nc1ccccc1. The van der Waals surface area contributed by atoms with Gasteiger partial charge in [0.2, 0.25) is 5.91 Å². The summed E-state index contributed by atoms with van der Waals surface area (Å²) in [6.07, 6.45) is 1.22. The Kier molecular flexibility index (Phi) is 5.03. The van der Waals surface area contributed by atoms with Crippen LogP contribution in [0, 0.1) is 6.92 Å². The summed E-state index contributed by atoms with van der Waals surface area (Å²) in [5.41, 5.74) is 3.28. The fraction of sp³-hybridized carbons (Fsp3) is 0.300. The number of rotatable bonds is 5. The van der Waals surface area contributed by atoms with Crippen molar-refractivity contribution in [1.29, 1.82) is 0 Å². The van der Waals surface area contributed by atoms with Gasteiger partial charge in [-0.15, -0.1) is 0 Å². The highest BCUT2D eigenvalue weighted by Gasteiger charge is 2.25. The number of nitrogens with one attached hydrogen (secondary N) is 1. The first-order valence-corrected chi connectivity index (χ1v) is 8.42. The van der Waals surface area contributed by atoms with Gasteiger partial charge in [-0.1, -0.05) is 18.2 Å². The number of fused-ring (bicyclic) bond motifs is 1. The van der Waals surface area contributed by atoms with Gasteiger partial charge in [0.15, 0.2) is 0 Å². The Morgan fingerprint density at radius 1 is 1.32 bits per heavy atom. The molecule has 2 aromatic rings. The number of benzene rings is 2. The van der Waals surface area contributed by atoms with E-state index in [-0.39, 0.29) is 11.9 Å². The van der Waals surface area contributed by atoms with Crippen molar-refractivity contribution >= 4 is 23.6 Å². The Labute approximate surface area is 147 Å². The molecule has 5 heteroatoms. The molecule has 1 heterocycles. The van der Waals surface area contributed by atoms with Gasteiger partial charge in [0.25, 0.3) is 0 Å². The van der Waals surface area contributed by atoms with Crippen molar-refractivity contribution in [3.63, 3.8) is 0 Å². The number of para-hydroxylation sites is 1. The molecule has 2 aromatic carbocycles. The number of hydrogen-bond acceptors (Lipinski definition) is 4. The molecule has 0 aliphatic carbocycles. The summed E-state index contributed by atoms with van der Waals surface area (Å²) in [6, 6.07) is 13.3. The van der Waals surface area contributed by atoms with Crippen LogP contribution in [-0.2, 0) is 4.79 Å². The van der Waals surface area contributed by atoms with Crippen LogP contribution in [0.1, 0.15) is 29.3 Å². The van der Waals surface area contributed by atoms with Gasteiger partial charge < -0.3 is 15.0 Å². The molecule has 1 amide bonds. The second-order valence-corrected chi connectivity index (χ2v) is 6.31. The van der Waals surface area contributed by atoms with E-state index in [1.54, 1.807) is 6.07 Å². The zero-order valence-corrected chi connectivity index (χ0v) is 14.5. The number of anilines is 2. The number of aryl methyl sites for hydroxylation is 1. The Morgan fingerprint density at radius 2 is 2.08 bits per heavy atom. The van der Waals surface area contributed by atoms with Crippen LogP contribution in [0.15, 0.2) is 42.5 Å². The molecule has 0 fully saturated rings. The highest BCUT2D eigenvalue weighted by atomic mass is 16.5. The minimum atomic E-state index is -0.0207. The van der Waals surface area contributed by atoms with Gasteiger partial charge in [-0.25, -0.2) is 0 Å². The number of nitrogens with zero attached hydrogens (tertiary/aromatic N) is 1. The van der Waals surface area contributed by atoms with Crippen molar-refractivity contribution in [2.24, 2.45) is 0 Å². The van der Waals surface area contributed by atoms with Crippen LogP contribution in [0.5, 0.6) is 5.75 Å². The molecule has 1 unspecified atom stereocenters. The summed E-state index contributed by atoms with van der Waals surface area (Å²) < 4.78 is 5.76. The summed E-state index contributed by atoms with van der Waals surface area (Å²) >= 11 is 0. The van der Waals surface area contributed by atoms with E-state index >= 15 is 0 Å². The van der Waals surface area contributed by atoms with Crippen LogP contribution < -0.4 is 15.0 Å². The minimum Gasteiger partial charge on any atom is -0.489 e.